The fourth-order valence-electron chi connectivity index (χ4n) is 7.97. The van der Waals surface area contributed by atoms with Gasteiger partial charge in [0, 0.05) is 12.8 Å². The van der Waals surface area contributed by atoms with Gasteiger partial charge in [0.15, 0.2) is 0 Å². The van der Waals surface area contributed by atoms with Gasteiger partial charge in [-0.1, -0.05) is 233 Å². The fourth-order valence-corrected chi connectivity index (χ4v) is 8.70. The fraction of sp³-hybridized carbons (Fsp3) is 0.667. The molecule has 3 atom stereocenters. The second-order valence-corrected chi connectivity index (χ2v) is 22.6. The van der Waals surface area contributed by atoms with Gasteiger partial charge in [-0.3, -0.25) is 18.6 Å². The minimum Gasteiger partial charge on any atom is -0.456 e. The Morgan fingerprint density at radius 3 is 1.32 bits per heavy atom. The van der Waals surface area contributed by atoms with Crippen molar-refractivity contribution >= 4 is 19.7 Å². The van der Waals surface area contributed by atoms with Gasteiger partial charge in [0.05, 0.1) is 33.8 Å². The van der Waals surface area contributed by atoms with Crippen LogP contribution >= 0.6 is 7.82 Å². The molecule has 0 rings (SSSR count). The van der Waals surface area contributed by atoms with E-state index in [0.717, 1.165) is 103 Å². The summed E-state index contributed by atoms with van der Waals surface area (Å²) in [7, 11) is 1.42. The van der Waals surface area contributed by atoms with E-state index in [1.807, 2.05) is 45.4 Å². The topological polar surface area (TPSA) is 111 Å². The molecule has 0 saturated heterocycles. The van der Waals surface area contributed by atoms with Crippen molar-refractivity contribution in [2.24, 2.45) is 0 Å². The van der Waals surface area contributed by atoms with Crippen LogP contribution in [0.4, 0.5) is 0 Å². The Morgan fingerprint density at radius 1 is 0.474 bits per heavy atom. The Morgan fingerprint density at radius 2 is 0.855 bits per heavy atom. The van der Waals surface area contributed by atoms with E-state index in [1.165, 1.54) is 83.5 Å². The standard InChI is InChI=1S/C66H113N2O7P/c1-7-10-13-16-19-22-25-28-30-32-33-34-35-36-38-41-44-47-50-53-56-59-66(70)75-64(57-54-51-48-45-42-39-27-24-21-18-15-12-9-3)63(62-74-76(71,72)73-61-60-68(4,5)6)67-65(69)58-55-52-49-46-43-40-37-31-29-26-23-20-17-14-11-8-2/h11,14,19-20,22-23,28-31,33-34,36,38,40,43,49,52,54,57,63-64H,7-10,12-13,15-18,21,24-27,32,35,37,39,41-42,44-48,50-51,53,55-56,58-62H2,1-6H3,(H-,67,69,71,72)/p+1/b14-11+,22-19-,23-20+,30-28-,31-29+,34-33-,38-36-,43-40+,52-49+,57-54+. The molecule has 3 unspecified atom stereocenters. The van der Waals surface area contributed by atoms with Crippen LogP contribution in [0.3, 0.4) is 0 Å². The van der Waals surface area contributed by atoms with Crippen molar-refractivity contribution in [3.63, 3.8) is 0 Å². The zero-order chi connectivity index (χ0) is 55.7. The van der Waals surface area contributed by atoms with E-state index in [4.69, 9.17) is 13.8 Å². The van der Waals surface area contributed by atoms with Crippen molar-refractivity contribution in [2.45, 2.75) is 245 Å². The Hall–Kier alpha value is -3.59. The molecule has 0 aromatic carbocycles. The summed E-state index contributed by atoms with van der Waals surface area (Å²) in [5.74, 6) is -0.631. The Balaban J connectivity index is 5.45. The van der Waals surface area contributed by atoms with Gasteiger partial charge in [-0.2, -0.15) is 0 Å². The molecule has 0 bridgehead atoms. The summed E-state index contributed by atoms with van der Waals surface area (Å²) >= 11 is 0. The zero-order valence-electron chi connectivity index (χ0n) is 49.4. The maximum absolute atomic E-state index is 13.5. The summed E-state index contributed by atoms with van der Waals surface area (Å²) < 4.78 is 30.6. The zero-order valence-corrected chi connectivity index (χ0v) is 50.3. The number of rotatable bonds is 53. The Labute approximate surface area is 467 Å². The average molecular weight is 1080 g/mol. The molecule has 0 radical (unpaired) electrons. The summed E-state index contributed by atoms with van der Waals surface area (Å²) in [4.78, 5) is 37.6. The minimum absolute atomic E-state index is 0.0172. The SMILES string of the molecule is CC/C=C/C/C=C/C/C=C/C/C=C/C/C=C/CCC(=O)NC(COP(=O)(O)OCC[N+](C)(C)C)C(/C=C/CCCCCCCCCCCCC)OC(=O)CCCCCCC/C=C\C/C=C\C/C=C\C/C=C\CCCCC. The van der Waals surface area contributed by atoms with Crippen LogP contribution in [0, 0.1) is 0 Å². The second-order valence-electron chi connectivity index (χ2n) is 21.1. The average Bonchev–Trinajstić information content (AvgIpc) is 3.38. The number of allylic oxidation sites excluding steroid dienone is 19. The van der Waals surface area contributed by atoms with Crippen molar-refractivity contribution in [3.8, 4) is 0 Å². The maximum Gasteiger partial charge on any atom is 0.472 e. The molecule has 434 valence electrons. The molecule has 2 N–H and O–H groups in total. The monoisotopic (exact) mass is 1080 g/mol. The first-order chi connectivity index (χ1) is 36.9. The van der Waals surface area contributed by atoms with Crippen LogP contribution < -0.4 is 5.32 Å². The highest BCUT2D eigenvalue weighted by Gasteiger charge is 2.30. The maximum atomic E-state index is 13.5. The lowest BCUT2D eigenvalue weighted by molar-refractivity contribution is -0.870. The number of unbranched alkanes of at least 4 members (excludes halogenated alkanes) is 19. The van der Waals surface area contributed by atoms with Crippen molar-refractivity contribution in [1.82, 2.24) is 5.32 Å². The Kier molecular flexibility index (Phi) is 52.2. The van der Waals surface area contributed by atoms with E-state index < -0.39 is 20.0 Å². The first-order valence-electron chi connectivity index (χ1n) is 30.4. The van der Waals surface area contributed by atoms with E-state index in [2.05, 4.69) is 123 Å². The molecular formula is C66H114N2O7P+. The number of hydrogen-bond acceptors (Lipinski definition) is 6. The smallest absolute Gasteiger partial charge is 0.456 e. The number of amides is 1. The molecular weight excluding hydrogens is 964 g/mol. The predicted molar refractivity (Wildman–Crippen MR) is 327 cm³/mol. The number of quaternary nitrogens is 1. The molecule has 0 aliphatic rings. The van der Waals surface area contributed by atoms with Crippen molar-refractivity contribution in [1.29, 1.82) is 0 Å². The number of nitrogens with zero attached hydrogens (tertiary/aromatic N) is 1. The van der Waals surface area contributed by atoms with Gasteiger partial charge in [0.2, 0.25) is 5.91 Å². The molecule has 1 amide bonds. The van der Waals surface area contributed by atoms with E-state index in [-0.39, 0.29) is 37.9 Å². The van der Waals surface area contributed by atoms with E-state index in [0.29, 0.717) is 23.9 Å². The number of carbonyl (C=O) groups is 2. The molecule has 0 spiro atoms. The molecule has 0 aliphatic carbocycles. The van der Waals surface area contributed by atoms with Crippen LogP contribution in [0.15, 0.2) is 122 Å². The number of nitrogens with one attached hydrogen (secondary N) is 1. The number of esters is 1. The van der Waals surface area contributed by atoms with E-state index in [1.54, 1.807) is 0 Å². The number of ether oxygens (including phenoxy) is 1. The third kappa shape index (κ3) is 55.2. The van der Waals surface area contributed by atoms with Crippen LogP contribution in [0.5, 0.6) is 0 Å². The molecule has 0 aromatic rings. The normalized spacial score (nSPS) is 14.6. The molecule has 0 fully saturated rings. The number of likely N-dealkylation sites (N-methyl/N-ethyl adjacent to an activating group) is 1. The van der Waals surface area contributed by atoms with Crippen molar-refractivity contribution < 1.29 is 37.3 Å². The summed E-state index contributed by atoms with van der Waals surface area (Å²) in [6.07, 6.45) is 76.4. The first-order valence-corrected chi connectivity index (χ1v) is 31.9. The van der Waals surface area contributed by atoms with E-state index in [9.17, 15) is 19.0 Å². The highest BCUT2D eigenvalue weighted by molar-refractivity contribution is 7.47. The molecule has 9 nitrogen and oxygen atoms in total. The van der Waals surface area contributed by atoms with Gasteiger partial charge in [-0.05, 0) is 109 Å². The molecule has 0 saturated carbocycles. The molecule has 0 aromatic heterocycles. The van der Waals surface area contributed by atoms with Gasteiger partial charge in [0.25, 0.3) is 0 Å². The largest absolute Gasteiger partial charge is 0.472 e. The number of phosphoric acid groups is 1. The molecule has 0 heterocycles. The van der Waals surface area contributed by atoms with Crippen LogP contribution in [-0.4, -0.2) is 74.3 Å². The lowest BCUT2D eigenvalue weighted by Gasteiger charge is -2.27. The third-order valence-electron chi connectivity index (χ3n) is 12.6. The van der Waals surface area contributed by atoms with Crippen LogP contribution in [0.25, 0.3) is 0 Å². The van der Waals surface area contributed by atoms with Gasteiger partial charge in [0.1, 0.15) is 19.3 Å². The summed E-state index contributed by atoms with van der Waals surface area (Å²) in [6, 6.07) is -0.904. The van der Waals surface area contributed by atoms with Crippen LogP contribution in [-0.2, 0) is 27.9 Å². The van der Waals surface area contributed by atoms with Crippen LogP contribution in [0.2, 0.25) is 0 Å². The Bertz CT molecular complexity index is 1720. The quantitative estimate of drug-likeness (QED) is 0.0205. The van der Waals surface area contributed by atoms with Crippen LogP contribution in [0.1, 0.15) is 233 Å². The van der Waals surface area contributed by atoms with E-state index >= 15 is 0 Å². The predicted octanol–water partition coefficient (Wildman–Crippen LogP) is 18.7. The summed E-state index contributed by atoms with van der Waals surface area (Å²) in [5, 5.41) is 3.00. The first kappa shape index (κ1) is 72.4. The van der Waals surface area contributed by atoms with Gasteiger partial charge in [-0.15, -0.1) is 0 Å². The molecule has 76 heavy (non-hydrogen) atoms. The van der Waals surface area contributed by atoms with Gasteiger partial charge >= 0.3 is 13.8 Å². The molecule has 0 aliphatic heterocycles. The number of hydrogen-bond donors (Lipinski definition) is 2. The number of carbonyl (C=O) groups excluding carboxylic acids is 2. The van der Waals surface area contributed by atoms with Gasteiger partial charge < -0.3 is 19.4 Å². The molecule has 10 heteroatoms. The summed E-state index contributed by atoms with van der Waals surface area (Å²) in [5.41, 5.74) is 0. The lowest BCUT2D eigenvalue weighted by atomic mass is 10.0. The highest BCUT2D eigenvalue weighted by Crippen LogP contribution is 2.43. The van der Waals surface area contributed by atoms with Crippen molar-refractivity contribution in [3.05, 3.63) is 122 Å². The number of phosphoric ester groups is 1. The van der Waals surface area contributed by atoms with Gasteiger partial charge in [-0.25, -0.2) is 4.57 Å². The third-order valence-corrected chi connectivity index (χ3v) is 13.6. The van der Waals surface area contributed by atoms with Crippen molar-refractivity contribution in [2.75, 3.05) is 40.9 Å². The summed E-state index contributed by atoms with van der Waals surface area (Å²) in [6.45, 7) is 6.78. The highest BCUT2D eigenvalue weighted by atomic mass is 31.2. The lowest BCUT2D eigenvalue weighted by Crippen LogP contribution is -2.47. The second kappa shape index (κ2) is 54.8. The minimum atomic E-state index is -4.48.